The Hall–Kier alpha value is -2.63. The van der Waals surface area contributed by atoms with Crippen molar-refractivity contribution in [2.24, 2.45) is 5.92 Å². The summed E-state index contributed by atoms with van der Waals surface area (Å²) < 4.78 is 19.8. The first-order valence-corrected chi connectivity index (χ1v) is 20.2. The molecule has 0 saturated carbocycles. The molecule has 2 heterocycles. The molecular weight excluding hydrogens is 513 g/mol. The zero-order valence-electron chi connectivity index (χ0n) is 24.3. The normalized spacial score (nSPS) is 23.2. The molecule has 2 aromatic carbocycles. The number of fused-ring (bicyclic) bond motifs is 3. The summed E-state index contributed by atoms with van der Waals surface area (Å²) in [6.07, 6.45) is 0.690. The minimum atomic E-state index is -2.02. The Morgan fingerprint density at radius 3 is 2.13 bits per heavy atom. The molecular formula is C29H42N2O5Si2. The minimum absolute atomic E-state index is 0.141. The molecule has 1 amide bonds. The van der Waals surface area contributed by atoms with Gasteiger partial charge in [0.1, 0.15) is 23.1 Å². The van der Waals surface area contributed by atoms with E-state index in [2.05, 4.69) is 50.4 Å². The van der Waals surface area contributed by atoms with Crippen molar-refractivity contribution >= 4 is 28.3 Å². The molecule has 3 atom stereocenters. The zero-order chi connectivity index (χ0) is 28.0. The smallest absolute Gasteiger partial charge is 0.320 e. The summed E-state index contributed by atoms with van der Waals surface area (Å²) in [6, 6.07) is 13.3. The van der Waals surface area contributed by atoms with Gasteiger partial charge in [-0.3, -0.25) is 9.59 Å². The van der Waals surface area contributed by atoms with Crippen LogP contribution in [0, 0.1) is 5.92 Å². The maximum Gasteiger partial charge on any atom is 0.320 e. The Bertz CT molecular complexity index is 1190. The number of hydrogen-bond acceptors (Lipinski definition) is 6. The molecule has 2 aromatic rings. The first kappa shape index (κ1) is 28.4. The molecule has 9 heteroatoms. The maximum atomic E-state index is 14.2. The van der Waals surface area contributed by atoms with E-state index in [0.717, 1.165) is 16.7 Å². The topological polar surface area (TPSA) is 68.3 Å². The third kappa shape index (κ3) is 4.80. The lowest BCUT2D eigenvalue weighted by Crippen LogP contribution is -2.70. The highest BCUT2D eigenvalue weighted by Crippen LogP contribution is 2.52. The molecule has 2 aliphatic rings. The summed E-state index contributed by atoms with van der Waals surface area (Å²) in [4.78, 5) is 30.1. The quantitative estimate of drug-likeness (QED) is 0.259. The highest BCUT2D eigenvalue weighted by Gasteiger charge is 2.65. The van der Waals surface area contributed by atoms with Crippen molar-refractivity contribution < 1.29 is 23.8 Å². The van der Waals surface area contributed by atoms with E-state index in [1.165, 1.54) is 0 Å². The van der Waals surface area contributed by atoms with E-state index in [9.17, 15) is 9.59 Å². The zero-order valence-corrected chi connectivity index (χ0v) is 26.3. The fraction of sp³-hybridized carbons (Fsp3) is 0.517. The summed E-state index contributed by atoms with van der Waals surface area (Å²) in [7, 11) is -0.778. The average molecular weight is 555 g/mol. The van der Waals surface area contributed by atoms with Crippen LogP contribution in [0.1, 0.15) is 23.6 Å². The molecule has 1 fully saturated rings. The number of carbonyl (C=O) groups is 2. The van der Waals surface area contributed by atoms with Crippen LogP contribution in [0.3, 0.4) is 0 Å². The number of rotatable bonds is 8. The van der Waals surface area contributed by atoms with Crippen LogP contribution in [-0.2, 0) is 32.9 Å². The largest absolute Gasteiger partial charge is 0.493 e. The molecule has 2 aliphatic heterocycles. The molecule has 0 spiro atoms. The Morgan fingerprint density at radius 2 is 1.58 bits per heavy atom. The fourth-order valence-electron chi connectivity index (χ4n) is 6.78. The average Bonchev–Trinajstić information content (AvgIpc) is 3.07. The van der Waals surface area contributed by atoms with Gasteiger partial charge in [-0.15, -0.1) is 0 Å². The number of carbonyl (C=O) groups excluding carboxylic acids is 2. The van der Waals surface area contributed by atoms with Crippen LogP contribution in [0.25, 0.3) is 0 Å². The third-order valence-electron chi connectivity index (χ3n) is 7.95. The molecule has 0 radical (unpaired) electrons. The van der Waals surface area contributed by atoms with Gasteiger partial charge in [-0.2, -0.15) is 0 Å². The summed E-state index contributed by atoms with van der Waals surface area (Å²) >= 11 is 0. The minimum Gasteiger partial charge on any atom is -0.493 e. The molecule has 0 N–H and O–H groups in total. The first-order valence-electron chi connectivity index (χ1n) is 13.3. The lowest BCUT2D eigenvalue weighted by atomic mass is 9.77. The van der Waals surface area contributed by atoms with Crippen LogP contribution >= 0.6 is 0 Å². The highest BCUT2D eigenvalue weighted by atomic mass is 28.4. The Labute approximate surface area is 229 Å². The Kier molecular flexibility index (Phi) is 7.59. The van der Waals surface area contributed by atoms with Gasteiger partial charge >= 0.3 is 5.97 Å². The van der Waals surface area contributed by atoms with E-state index in [1.54, 1.807) is 14.2 Å². The number of amides is 1. The van der Waals surface area contributed by atoms with Crippen molar-refractivity contribution in [1.29, 1.82) is 0 Å². The predicted octanol–water partition coefficient (Wildman–Crippen LogP) is 5.02. The van der Waals surface area contributed by atoms with Crippen LogP contribution < -0.4 is 9.47 Å². The first-order chi connectivity index (χ1) is 17.7. The second-order valence-electron chi connectivity index (χ2n) is 12.5. The van der Waals surface area contributed by atoms with Gasteiger partial charge < -0.3 is 23.3 Å². The van der Waals surface area contributed by atoms with Crippen LogP contribution in [0.4, 0.5) is 0 Å². The summed E-state index contributed by atoms with van der Waals surface area (Å²) in [5, 5.41) is 0. The molecule has 0 bridgehead atoms. The van der Waals surface area contributed by atoms with Gasteiger partial charge in [-0.05, 0) is 42.2 Å². The number of methoxy groups -OCH3 is 2. The van der Waals surface area contributed by atoms with Crippen molar-refractivity contribution in [3.05, 3.63) is 59.2 Å². The van der Waals surface area contributed by atoms with E-state index in [1.807, 2.05) is 47.4 Å². The standard InChI is InChI=1S/C29H42N2O5Si2/c1-29-22-18-24(35-3)23(34-2)17-21(22)15-16-30(29)27(32)25(26(29)31(37(4,5)6)38(7,8)9)28(33)36-19-20-13-11-10-12-14-20/h10-14,17-18,25-26H,15-16,19H2,1-9H3/t25-,26-,29-/m1/s1. The summed E-state index contributed by atoms with van der Waals surface area (Å²) in [5.74, 6) is -0.180. The molecule has 4 rings (SSSR count). The van der Waals surface area contributed by atoms with Crippen LogP contribution in [0.15, 0.2) is 42.5 Å². The van der Waals surface area contributed by atoms with Gasteiger partial charge in [0.25, 0.3) is 0 Å². The number of esters is 1. The molecule has 38 heavy (non-hydrogen) atoms. The fourth-order valence-corrected chi connectivity index (χ4v) is 17.3. The number of nitrogens with zero attached hydrogens (tertiary/aromatic N) is 2. The van der Waals surface area contributed by atoms with Crippen molar-refractivity contribution in [3.8, 4) is 11.5 Å². The molecule has 0 aromatic heterocycles. The molecule has 0 aliphatic carbocycles. The molecule has 206 valence electrons. The van der Waals surface area contributed by atoms with Crippen molar-refractivity contribution in [3.63, 3.8) is 0 Å². The molecule has 7 nitrogen and oxygen atoms in total. The van der Waals surface area contributed by atoms with Gasteiger partial charge in [0.05, 0.1) is 19.8 Å². The van der Waals surface area contributed by atoms with E-state index < -0.39 is 33.9 Å². The highest BCUT2D eigenvalue weighted by molar-refractivity contribution is 6.89. The van der Waals surface area contributed by atoms with Crippen molar-refractivity contribution in [2.75, 3.05) is 20.8 Å². The summed E-state index contributed by atoms with van der Waals surface area (Å²) in [5.41, 5.74) is 2.34. The van der Waals surface area contributed by atoms with Gasteiger partial charge in [0.2, 0.25) is 5.91 Å². The Morgan fingerprint density at radius 1 is 1.00 bits per heavy atom. The van der Waals surface area contributed by atoms with Gasteiger partial charge in [-0.1, -0.05) is 69.6 Å². The number of ether oxygens (including phenoxy) is 3. The van der Waals surface area contributed by atoms with Crippen LogP contribution in [0.2, 0.25) is 39.3 Å². The molecule has 0 unspecified atom stereocenters. The van der Waals surface area contributed by atoms with Crippen LogP contribution in [0.5, 0.6) is 11.5 Å². The van der Waals surface area contributed by atoms with Crippen LogP contribution in [-0.4, -0.2) is 64.3 Å². The predicted molar refractivity (Wildman–Crippen MR) is 154 cm³/mol. The van der Waals surface area contributed by atoms with E-state index in [-0.39, 0.29) is 18.6 Å². The van der Waals surface area contributed by atoms with Gasteiger partial charge in [-0.25, -0.2) is 0 Å². The number of benzene rings is 2. The SMILES string of the molecule is COc1cc2c(cc1OC)[C@]1(C)[C@H](N([Si](C)(C)C)[Si](C)(C)C)[C@@H](C(=O)OCc3ccccc3)C(=O)N1CC2. The van der Waals surface area contributed by atoms with Gasteiger partial charge in [0.15, 0.2) is 17.4 Å². The van der Waals surface area contributed by atoms with Crippen molar-refractivity contribution in [1.82, 2.24) is 9.13 Å². The van der Waals surface area contributed by atoms with Gasteiger partial charge in [0, 0.05) is 12.6 Å². The monoisotopic (exact) mass is 554 g/mol. The Balaban J connectivity index is 1.89. The maximum absolute atomic E-state index is 14.2. The lowest BCUT2D eigenvalue weighted by molar-refractivity contribution is -0.154. The molecule has 1 saturated heterocycles. The summed E-state index contributed by atoms with van der Waals surface area (Å²) in [6.45, 7) is 16.7. The van der Waals surface area contributed by atoms with E-state index in [4.69, 9.17) is 14.2 Å². The lowest BCUT2D eigenvalue weighted by Gasteiger charge is -2.55. The second-order valence-corrected chi connectivity index (χ2v) is 22.6. The van der Waals surface area contributed by atoms with E-state index >= 15 is 0 Å². The van der Waals surface area contributed by atoms with Crippen molar-refractivity contribution in [2.45, 2.75) is 70.8 Å². The van der Waals surface area contributed by atoms with E-state index in [0.29, 0.717) is 24.5 Å². The third-order valence-corrected chi connectivity index (χ3v) is 15.4. The second kappa shape index (κ2) is 10.2. The number of hydrogen-bond donors (Lipinski definition) is 0.